The average molecular weight is 285 g/mol. The van der Waals surface area contributed by atoms with Crippen LogP contribution in [0, 0.1) is 0 Å². The summed E-state index contributed by atoms with van der Waals surface area (Å²) in [7, 11) is 0. The second-order valence-corrected chi connectivity index (χ2v) is 5.68. The molecule has 1 amide bonds. The molecule has 0 saturated carbocycles. The highest BCUT2D eigenvalue weighted by atomic mass is 16.2. The highest BCUT2D eigenvalue weighted by molar-refractivity contribution is 5.97. The molecule has 0 aromatic carbocycles. The second-order valence-electron chi connectivity index (χ2n) is 5.68. The number of hydrogen-bond acceptors (Lipinski definition) is 4. The summed E-state index contributed by atoms with van der Waals surface area (Å²) < 4.78 is 2.04. The summed E-state index contributed by atoms with van der Waals surface area (Å²) in [6, 6.07) is 5.61. The van der Waals surface area contributed by atoms with Crippen LogP contribution in [-0.2, 0) is 23.3 Å². The van der Waals surface area contributed by atoms with Gasteiger partial charge in [0.25, 0.3) is 0 Å². The number of pyridine rings is 1. The molecule has 6 heteroatoms. The molecule has 0 spiro atoms. The largest absolute Gasteiger partial charge is 0.312 e. The van der Waals surface area contributed by atoms with E-state index in [0.717, 1.165) is 37.0 Å². The third kappa shape index (κ3) is 2.54. The lowest BCUT2D eigenvalue weighted by Gasteiger charge is -2.24. The van der Waals surface area contributed by atoms with Crippen molar-refractivity contribution >= 4 is 11.7 Å². The van der Waals surface area contributed by atoms with E-state index in [0.29, 0.717) is 0 Å². The van der Waals surface area contributed by atoms with Gasteiger partial charge in [-0.15, -0.1) is 0 Å². The standard InChI is InChI=1S/C15H19N5O/c1-15(2,11-5-3-4-6-17-11)14(21)19-13-10-18-12-9-16-7-8-20(12)13/h3-6,10,16H,7-9H2,1-2H3,(H,19,21). The Morgan fingerprint density at radius 1 is 1.38 bits per heavy atom. The topological polar surface area (TPSA) is 71.8 Å². The van der Waals surface area contributed by atoms with Crippen molar-refractivity contribution in [3.05, 3.63) is 42.1 Å². The Bertz CT molecular complexity index is 647. The van der Waals surface area contributed by atoms with Gasteiger partial charge >= 0.3 is 0 Å². The molecule has 2 aromatic rings. The maximum Gasteiger partial charge on any atom is 0.237 e. The van der Waals surface area contributed by atoms with Gasteiger partial charge in [-0.1, -0.05) is 6.07 Å². The van der Waals surface area contributed by atoms with Gasteiger partial charge in [0.05, 0.1) is 23.9 Å². The van der Waals surface area contributed by atoms with Crippen LogP contribution in [0.4, 0.5) is 5.82 Å². The minimum atomic E-state index is -0.696. The van der Waals surface area contributed by atoms with Crippen LogP contribution < -0.4 is 10.6 Å². The number of nitrogens with zero attached hydrogens (tertiary/aromatic N) is 3. The molecular weight excluding hydrogens is 266 g/mol. The van der Waals surface area contributed by atoms with Crippen LogP contribution in [0.15, 0.2) is 30.6 Å². The maximum atomic E-state index is 12.6. The van der Waals surface area contributed by atoms with Crippen LogP contribution in [0.2, 0.25) is 0 Å². The Hall–Kier alpha value is -2.21. The SMILES string of the molecule is CC(C)(C(=O)Nc1cnc2n1CCNC2)c1ccccn1. The lowest BCUT2D eigenvalue weighted by Crippen LogP contribution is -2.37. The molecule has 0 atom stereocenters. The fraction of sp³-hybridized carbons (Fsp3) is 0.400. The molecule has 3 rings (SSSR count). The van der Waals surface area contributed by atoms with Crippen molar-refractivity contribution in [1.82, 2.24) is 19.9 Å². The van der Waals surface area contributed by atoms with Crippen LogP contribution in [0.1, 0.15) is 25.4 Å². The number of anilines is 1. The predicted octanol–water partition coefficient (Wildman–Crippen LogP) is 1.30. The minimum absolute atomic E-state index is 0.0811. The molecule has 110 valence electrons. The van der Waals surface area contributed by atoms with E-state index in [-0.39, 0.29) is 5.91 Å². The lowest BCUT2D eigenvalue weighted by molar-refractivity contribution is -0.120. The van der Waals surface area contributed by atoms with Crippen LogP contribution in [0.3, 0.4) is 0 Å². The first-order valence-electron chi connectivity index (χ1n) is 7.07. The highest BCUT2D eigenvalue weighted by Crippen LogP contribution is 2.24. The summed E-state index contributed by atoms with van der Waals surface area (Å²) >= 11 is 0. The van der Waals surface area contributed by atoms with E-state index in [1.807, 2.05) is 36.6 Å². The molecule has 1 aliphatic heterocycles. The number of imidazole rings is 1. The van der Waals surface area contributed by atoms with Crippen molar-refractivity contribution in [3.8, 4) is 0 Å². The average Bonchev–Trinajstić information content (AvgIpc) is 2.91. The van der Waals surface area contributed by atoms with Crippen molar-refractivity contribution in [1.29, 1.82) is 0 Å². The summed E-state index contributed by atoms with van der Waals surface area (Å²) in [5.74, 6) is 1.62. The van der Waals surface area contributed by atoms with Crippen LogP contribution >= 0.6 is 0 Å². The number of hydrogen-bond donors (Lipinski definition) is 2. The van der Waals surface area contributed by atoms with Crippen molar-refractivity contribution in [2.75, 3.05) is 11.9 Å². The Morgan fingerprint density at radius 3 is 3.00 bits per heavy atom. The number of carbonyl (C=O) groups excluding carboxylic acids is 1. The molecule has 0 fully saturated rings. The molecule has 2 aromatic heterocycles. The normalized spacial score (nSPS) is 14.6. The van der Waals surface area contributed by atoms with E-state index < -0.39 is 5.41 Å². The molecule has 21 heavy (non-hydrogen) atoms. The molecule has 0 radical (unpaired) electrons. The summed E-state index contributed by atoms with van der Waals surface area (Å²) in [6.07, 6.45) is 3.42. The molecule has 0 bridgehead atoms. The van der Waals surface area contributed by atoms with Crippen molar-refractivity contribution < 1.29 is 4.79 Å². The Morgan fingerprint density at radius 2 is 2.24 bits per heavy atom. The molecule has 3 heterocycles. The van der Waals surface area contributed by atoms with Gasteiger partial charge in [0.2, 0.25) is 5.91 Å². The highest BCUT2D eigenvalue weighted by Gasteiger charge is 2.32. The Kier molecular flexibility index (Phi) is 3.47. The fourth-order valence-corrected chi connectivity index (χ4v) is 2.42. The lowest BCUT2D eigenvalue weighted by atomic mass is 9.87. The fourth-order valence-electron chi connectivity index (χ4n) is 2.42. The molecular formula is C15H19N5O. The maximum absolute atomic E-state index is 12.6. The summed E-state index contributed by atoms with van der Waals surface area (Å²) in [5.41, 5.74) is 0.0568. The number of aromatic nitrogens is 3. The van der Waals surface area contributed by atoms with Gasteiger partial charge in [0.1, 0.15) is 11.6 Å². The quantitative estimate of drug-likeness (QED) is 0.891. The van der Waals surface area contributed by atoms with Crippen LogP contribution in [0.5, 0.6) is 0 Å². The van der Waals surface area contributed by atoms with Crippen LogP contribution in [0.25, 0.3) is 0 Å². The van der Waals surface area contributed by atoms with Crippen molar-refractivity contribution in [3.63, 3.8) is 0 Å². The van der Waals surface area contributed by atoms with Gasteiger partial charge in [-0.3, -0.25) is 9.78 Å². The first-order valence-corrected chi connectivity index (χ1v) is 7.07. The summed E-state index contributed by atoms with van der Waals surface area (Å²) in [5, 5.41) is 6.24. The number of amides is 1. The third-order valence-electron chi connectivity index (χ3n) is 3.85. The molecule has 2 N–H and O–H groups in total. The summed E-state index contributed by atoms with van der Waals surface area (Å²) in [4.78, 5) is 21.2. The second kappa shape index (κ2) is 5.29. The number of carbonyl (C=O) groups is 1. The van der Waals surface area contributed by atoms with E-state index in [1.54, 1.807) is 12.4 Å². The minimum Gasteiger partial charge on any atom is -0.312 e. The first kappa shape index (κ1) is 13.8. The zero-order valence-electron chi connectivity index (χ0n) is 12.3. The van der Waals surface area contributed by atoms with Gasteiger partial charge in [0.15, 0.2) is 0 Å². The Labute approximate surface area is 123 Å². The van der Waals surface area contributed by atoms with Crippen molar-refractivity contribution in [2.45, 2.75) is 32.4 Å². The monoisotopic (exact) mass is 285 g/mol. The van der Waals surface area contributed by atoms with Gasteiger partial charge in [0, 0.05) is 19.3 Å². The van der Waals surface area contributed by atoms with E-state index >= 15 is 0 Å². The van der Waals surface area contributed by atoms with Gasteiger partial charge in [-0.05, 0) is 26.0 Å². The Balaban J connectivity index is 1.82. The number of nitrogens with one attached hydrogen (secondary N) is 2. The van der Waals surface area contributed by atoms with E-state index in [9.17, 15) is 4.79 Å². The third-order valence-corrected chi connectivity index (χ3v) is 3.85. The van der Waals surface area contributed by atoms with Crippen LogP contribution in [-0.4, -0.2) is 27.0 Å². The zero-order chi connectivity index (χ0) is 14.9. The van der Waals surface area contributed by atoms with Crippen molar-refractivity contribution in [2.24, 2.45) is 0 Å². The molecule has 6 nitrogen and oxygen atoms in total. The number of rotatable bonds is 3. The molecule has 0 aliphatic carbocycles. The first-order chi connectivity index (χ1) is 10.1. The molecule has 0 unspecified atom stereocenters. The predicted molar refractivity (Wildman–Crippen MR) is 79.8 cm³/mol. The van der Waals surface area contributed by atoms with Gasteiger partial charge in [-0.2, -0.15) is 0 Å². The van der Waals surface area contributed by atoms with E-state index in [4.69, 9.17) is 0 Å². The zero-order valence-corrected chi connectivity index (χ0v) is 12.3. The smallest absolute Gasteiger partial charge is 0.237 e. The van der Waals surface area contributed by atoms with Gasteiger partial charge in [-0.25, -0.2) is 4.98 Å². The summed E-state index contributed by atoms with van der Waals surface area (Å²) in [6.45, 7) is 6.18. The van der Waals surface area contributed by atoms with E-state index in [2.05, 4.69) is 20.6 Å². The molecule has 1 aliphatic rings. The van der Waals surface area contributed by atoms with Gasteiger partial charge < -0.3 is 15.2 Å². The molecule has 0 saturated heterocycles. The van der Waals surface area contributed by atoms with E-state index in [1.165, 1.54) is 0 Å². The number of fused-ring (bicyclic) bond motifs is 1.